The number of hydrogen-bond acceptors (Lipinski definition) is 2. The van der Waals surface area contributed by atoms with E-state index in [1.807, 2.05) is 37.3 Å². The molecule has 0 radical (unpaired) electrons. The molecule has 3 N–H and O–H groups in total. The Kier molecular flexibility index (Phi) is 4.70. The minimum atomic E-state index is -0.359. The standard InChI is InChI=1S/C14H22N2O/c1-4-16-14(11(2)3,10-13(15)17)12-8-6-5-7-9-12/h5-9,11,16H,4,10H2,1-3H3,(H2,15,17). The van der Waals surface area contributed by atoms with E-state index in [0.29, 0.717) is 6.42 Å². The molecule has 0 bridgehead atoms. The molecular weight excluding hydrogens is 212 g/mol. The van der Waals surface area contributed by atoms with Crippen molar-refractivity contribution in [2.75, 3.05) is 6.54 Å². The maximum Gasteiger partial charge on any atom is 0.219 e. The third kappa shape index (κ3) is 3.07. The van der Waals surface area contributed by atoms with Crippen LogP contribution < -0.4 is 11.1 Å². The third-order valence-corrected chi connectivity index (χ3v) is 3.22. The highest BCUT2D eigenvalue weighted by Crippen LogP contribution is 2.32. The van der Waals surface area contributed by atoms with E-state index in [1.54, 1.807) is 0 Å². The van der Waals surface area contributed by atoms with E-state index in [1.165, 1.54) is 0 Å². The van der Waals surface area contributed by atoms with Crippen LogP contribution in [0.25, 0.3) is 0 Å². The van der Waals surface area contributed by atoms with E-state index < -0.39 is 0 Å². The number of carbonyl (C=O) groups is 1. The van der Waals surface area contributed by atoms with Crippen molar-refractivity contribution in [2.45, 2.75) is 32.7 Å². The molecule has 0 fully saturated rings. The SMILES string of the molecule is CCNC(CC(N)=O)(c1ccccc1)C(C)C. The highest BCUT2D eigenvalue weighted by Gasteiger charge is 2.36. The Morgan fingerprint density at radius 3 is 2.35 bits per heavy atom. The lowest BCUT2D eigenvalue weighted by atomic mass is 9.77. The molecule has 0 aliphatic rings. The Balaban J connectivity index is 3.19. The topological polar surface area (TPSA) is 55.1 Å². The number of nitrogens with two attached hydrogens (primary N) is 1. The Hall–Kier alpha value is -1.35. The van der Waals surface area contributed by atoms with E-state index in [4.69, 9.17) is 5.73 Å². The van der Waals surface area contributed by atoms with Crippen molar-refractivity contribution in [3.05, 3.63) is 35.9 Å². The molecule has 3 nitrogen and oxygen atoms in total. The van der Waals surface area contributed by atoms with E-state index in [-0.39, 0.29) is 17.4 Å². The minimum absolute atomic E-state index is 0.275. The quantitative estimate of drug-likeness (QED) is 0.791. The van der Waals surface area contributed by atoms with Gasteiger partial charge in [0.1, 0.15) is 0 Å². The zero-order valence-corrected chi connectivity index (χ0v) is 10.9. The Labute approximate surface area is 103 Å². The highest BCUT2D eigenvalue weighted by molar-refractivity contribution is 5.75. The lowest BCUT2D eigenvalue weighted by molar-refractivity contribution is -0.120. The highest BCUT2D eigenvalue weighted by atomic mass is 16.1. The molecule has 1 amide bonds. The van der Waals surface area contributed by atoms with Crippen LogP contribution in [0, 0.1) is 5.92 Å². The second-order valence-corrected chi connectivity index (χ2v) is 4.67. The van der Waals surface area contributed by atoms with Gasteiger partial charge in [0.05, 0.1) is 5.54 Å². The van der Waals surface area contributed by atoms with E-state index in [9.17, 15) is 4.79 Å². The first-order valence-electron chi connectivity index (χ1n) is 6.11. The number of nitrogens with one attached hydrogen (secondary N) is 1. The molecule has 0 aromatic heterocycles. The molecular formula is C14H22N2O. The first-order valence-corrected chi connectivity index (χ1v) is 6.11. The Bertz CT molecular complexity index is 362. The van der Waals surface area contributed by atoms with Gasteiger partial charge in [-0.15, -0.1) is 0 Å². The average Bonchev–Trinajstić information content (AvgIpc) is 2.28. The zero-order valence-electron chi connectivity index (χ0n) is 10.9. The van der Waals surface area contributed by atoms with E-state index >= 15 is 0 Å². The van der Waals surface area contributed by atoms with Gasteiger partial charge in [-0.25, -0.2) is 0 Å². The maximum absolute atomic E-state index is 11.3. The largest absolute Gasteiger partial charge is 0.370 e. The van der Waals surface area contributed by atoms with Crippen LogP contribution in [0.2, 0.25) is 0 Å². The Morgan fingerprint density at radius 1 is 1.35 bits per heavy atom. The lowest BCUT2D eigenvalue weighted by Gasteiger charge is -2.38. The number of primary amides is 1. The van der Waals surface area contributed by atoms with Crippen LogP contribution in [0.15, 0.2) is 30.3 Å². The predicted molar refractivity (Wildman–Crippen MR) is 70.4 cm³/mol. The Morgan fingerprint density at radius 2 is 1.94 bits per heavy atom. The summed E-state index contributed by atoms with van der Waals surface area (Å²) >= 11 is 0. The van der Waals surface area contributed by atoms with Crippen LogP contribution in [-0.4, -0.2) is 12.5 Å². The van der Waals surface area contributed by atoms with Crippen molar-refractivity contribution in [3.8, 4) is 0 Å². The van der Waals surface area contributed by atoms with Gasteiger partial charge in [0, 0.05) is 6.42 Å². The summed E-state index contributed by atoms with van der Waals surface area (Å²) in [4.78, 5) is 11.3. The van der Waals surface area contributed by atoms with Gasteiger partial charge in [-0.3, -0.25) is 4.79 Å². The fourth-order valence-electron chi connectivity index (χ4n) is 2.33. The van der Waals surface area contributed by atoms with E-state index in [2.05, 4.69) is 19.2 Å². The zero-order chi connectivity index (χ0) is 12.9. The van der Waals surface area contributed by atoms with E-state index in [0.717, 1.165) is 12.1 Å². The molecule has 0 saturated heterocycles. The normalized spacial score (nSPS) is 14.6. The molecule has 0 aliphatic heterocycles. The van der Waals surface area contributed by atoms with Crippen molar-refractivity contribution >= 4 is 5.91 Å². The number of hydrogen-bond donors (Lipinski definition) is 2. The van der Waals surface area contributed by atoms with Crippen LogP contribution in [0.4, 0.5) is 0 Å². The molecule has 1 rings (SSSR count). The van der Waals surface area contributed by atoms with Crippen molar-refractivity contribution in [2.24, 2.45) is 11.7 Å². The van der Waals surface area contributed by atoms with Gasteiger partial charge in [0.25, 0.3) is 0 Å². The van der Waals surface area contributed by atoms with Gasteiger partial charge in [-0.2, -0.15) is 0 Å². The van der Waals surface area contributed by atoms with Gasteiger partial charge >= 0.3 is 0 Å². The lowest BCUT2D eigenvalue weighted by Crippen LogP contribution is -2.49. The summed E-state index contributed by atoms with van der Waals surface area (Å²) in [7, 11) is 0. The fraction of sp³-hybridized carbons (Fsp3) is 0.500. The van der Waals surface area contributed by atoms with Crippen molar-refractivity contribution in [1.82, 2.24) is 5.32 Å². The second-order valence-electron chi connectivity index (χ2n) is 4.67. The van der Waals surface area contributed by atoms with Gasteiger partial charge < -0.3 is 11.1 Å². The molecule has 0 heterocycles. The van der Waals surface area contributed by atoms with Crippen LogP contribution >= 0.6 is 0 Å². The maximum atomic E-state index is 11.3. The van der Waals surface area contributed by atoms with Crippen LogP contribution in [0.1, 0.15) is 32.8 Å². The number of rotatable bonds is 6. The minimum Gasteiger partial charge on any atom is -0.370 e. The molecule has 94 valence electrons. The summed E-state index contributed by atoms with van der Waals surface area (Å²) in [6, 6.07) is 10.1. The summed E-state index contributed by atoms with van der Waals surface area (Å²) in [6.45, 7) is 7.07. The molecule has 1 aromatic rings. The molecule has 0 aliphatic carbocycles. The molecule has 17 heavy (non-hydrogen) atoms. The molecule has 1 aromatic carbocycles. The van der Waals surface area contributed by atoms with Crippen molar-refractivity contribution < 1.29 is 4.79 Å². The first-order chi connectivity index (χ1) is 8.03. The van der Waals surface area contributed by atoms with Crippen LogP contribution in [0.3, 0.4) is 0 Å². The molecule has 0 saturated carbocycles. The first kappa shape index (κ1) is 13.7. The van der Waals surface area contributed by atoms with Gasteiger partial charge in [0.15, 0.2) is 0 Å². The molecule has 0 spiro atoms. The molecule has 1 atom stereocenters. The monoisotopic (exact) mass is 234 g/mol. The van der Waals surface area contributed by atoms with Gasteiger partial charge in [-0.05, 0) is 18.0 Å². The number of amides is 1. The van der Waals surface area contributed by atoms with Gasteiger partial charge in [0.2, 0.25) is 5.91 Å². The third-order valence-electron chi connectivity index (χ3n) is 3.22. The smallest absolute Gasteiger partial charge is 0.219 e. The summed E-state index contributed by atoms with van der Waals surface area (Å²) in [6.07, 6.45) is 0.322. The summed E-state index contributed by atoms with van der Waals surface area (Å²) in [5, 5.41) is 3.44. The molecule has 1 unspecified atom stereocenters. The van der Waals surface area contributed by atoms with Crippen molar-refractivity contribution in [1.29, 1.82) is 0 Å². The fourth-order valence-corrected chi connectivity index (χ4v) is 2.33. The van der Waals surface area contributed by atoms with Gasteiger partial charge in [-0.1, -0.05) is 51.1 Å². The number of benzene rings is 1. The predicted octanol–water partition coefficient (Wildman–Crippen LogP) is 2.02. The average molecular weight is 234 g/mol. The summed E-state index contributed by atoms with van der Waals surface area (Å²) in [5.74, 6) is 0.0147. The molecule has 3 heteroatoms. The number of carbonyl (C=O) groups excluding carboxylic acids is 1. The van der Waals surface area contributed by atoms with Crippen LogP contribution in [0.5, 0.6) is 0 Å². The summed E-state index contributed by atoms with van der Waals surface area (Å²) in [5.41, 5.74) is 6.17. The second kappa shape index (κ2) is 5.82. The summed E-state index contributed by atoms with van der Waals surface area (Å²) < 4.78 is 0. The van der Waals surface area contributed by atoms with Crippen LogP contribution in [-0.2, 0) is 10.3 Å². The van der Waals surface area contributed by atoms with Crippen molar-refractivity contribution in [3.63, 3.8) is 0 Å².